The van der Waals surface area contributed by atoms with Gasteiger partial charge in [0, 0.05) is 18.7 Å². The molecule has 0 saturated carbocycles. The predicted octanol–water partition coefficient (Wildman–Crippen LogP) is 3.59. The van der Waals surface area contributed by atoms with Crippen LogP contribution >= 0.6 is 0 Å². The lowest BCUT2D eigenvalue weighted by Crippen LogP contribution is -2.35. The number of anilines is 2. The summed E-state index contributed by atoms with van der Waals surface area (Å²) in [4.78, 5) is 12.7. The molecule has 1 amide bonds. The number of unbranched alkanes of at least 4 members (excludes halogenated alkanes) is 1. The maximum atomic E-state index is 12.7. The third kappa shape index (κ3) is 4.84. The Balaban J connectivity index is 1.73. The number of rotatable bonds is 6. The number of ether oxygens (including phenoxy) is 1. The molecule has 1 N–H and O–H groups in total. The molecule has 6 nitrogen and oxygen atoms in total. The molecule has 1 heterocycles. The minimum absolute atomic E-state index is 0.184. The van der Waals surface area contributed by atoms with Gasteiger partial charge in [0.25, 0.3) is 5.91 Å². The molecule has 1 aliphatic rings. The lowest BCUT2D eigenvalue weighted by molar-refractivity contribution is -0.122. The van der Waals surface area contributed by atoms with Gasteiger partial charge in [-0.15, -0.1) is 0 Å². The highest BCUT2D eigenvalue weighted by atomic mass is 32.2. The van der Waals surface area contributed by atoms with Crippen molar-refractivity contribution in [1.82, 2.24) is 0 Å². The summed E-state index contributed by atoms with van der Waals surface area (Å²) in [5, 5.41) is 2.88. The number of nitrogens with zero attached hydrogens (tertiary/aromatic N) is 1. The second-order valence-corrected chi connectivity index (χ2v) is 8.89. The number of sulfonamides is 1. The molecule has 3 rings (SSSR count). The smallest absolute Gasteiger partial charge is 0.265 e. The standard InChI is InChI=1S/C21H26N2O4S/c1-3-4-7-16-10-12-17(13-11-16)22-21(24)20-14-15-23(28(2,25)26)18-8-5-6-9-19(18)27-20/h5-6,8-13,20H,3-4,7,14-15H2,1-2H3,(H,22,24). The molecule has 0 spiro atoms. The van der Waals surface area contributed by atoms with Crippen molar-refractivity contribution in [2.45, 2.75) is 38.7 Å². The monoisotopic (exact) mass is 402 g/mol. The first-order chi connectivity index (χ1) is 13.4. The average Bonchev–Trinajstić information content (AvgIpc) is 2.87. The van der Waals surface area contributed by atoms with Gasteiger partial charge in [-0.1, -0.05) is 37.6 Å². The van der Waals surface area contributed by atoms with Crippen LogP contribution in [0.4, 0.5) is 11.4 Å². The number of hydrogen-bond acceptors (Lipinski definition) is 4. The lowest BCUT2D eigenvalue weighted by atomic mass is 10.1. The molecule has 28 heavy (non-hydrogen) atoms. The number of hydrogen-bond donors (Lipinski definition) is 1. The number of carbonyl (C=O) groups excluding carboxylic acids is 1. The molecule has 0 aliphatic carbocycles. The van der Waals surface area contributed by atoms with Crippen molar-refractivity contribution in [1.29, 1.82) is 0 Å². The molecule has 0 fully saturated rings. The van der Waals surface area contributed by atoms with Gasteiger partial charge in [-0.05, 0) is 42.7 Å². The van der Waals surface area contributed by atoms with E-state index < -0.39 is 16.1 Å². The fourth-order valence-electron chi connectivity index (χ4n) is 3.22. The Morgan fingerprint density at radius 3 is 2.57 bits per heavy atom. The first-order valence-electron chi connectivity index (χ1n) is 9.51. The van der Waals surface area contributed by atoms with Crippen molar-refractivity contribution < 1.29 is 17.9 Å². The van der Waals surface area contributed by atoms with Crippen molar-refractivity contribution in [3.8, 4) is 5.75 Å². The van der Waals surface area contributed by atoms with Crippen molar-refractivity contribution in [3.05, 3.63) is 54.1 Å². The summed E-state index contributed by atoms with van der Waals surface area (Å²) in [5.74, 6) is 0.104. The lowest BCUT2D eigenvalue weighted by Gasteiger charge is -2.20. The van der Waals surface area contributed by atoms with E-state index in [2.05, 4.69) is 12.2 Å². The van der Waals surface area contributed by atoms with E-state index in [0.717, 1.165) is 25.5 Å². The summed E-state index contributed by atoms with van der Waals surface area (Å²) in [7, 11) is -3.46. The van der Waals surface area contributed by atoms with Crippen LogP contribution in [0.2, 0.25) is 0 Å². The van der Waals surface area contributed by atoms with Gasteiger partial charge in [0.1, 0.15) is 5.75 Å². The summed E-state index contributed by atoms with van der Waals surface area (Å²) in [6, 6.07) is 14.7. The molecule has 150 valence electrons. The largest absolute Gasteiger partial charge is 0.478 e. The Hall–Kier alpha value is -2.54. The average molecular weight is 403 g/mol. The fourth-order valence-corrected chi connectivity index (χ4v) is 4.16. The van der Waals surface area contributed by atoms with Gasteiger partial charge in [-0.3, -0.25) is 9.10 Å². The molecule has 0 saturated heterocycles. The summed E-state index contributed by atoms with van der Waals surface area (Å²) >= 11 is 0. The summed E-state index contributed by atoms with van der Waals surface area (Å²) in [6.45, 7) is 2.34. The van der Waals surface area contributed by atoms with Gasteiger partial charge in [0.15, 0.2) is 6.10 Å². The van der Waals surface area contributed by atoms with Crippen molar-refractivity contribution in [3.63, 3.8) is 0 Å². The number of aryl methyl sites for hydroxylation is 1. The van der Waals surface area contributed by atoms with Crippen molar-refractivity contribution in [2.75, 3.05) is 22.4 Å². The first kappa shape index (κ1) is 20.2. The zero-order valence-corrected chi connectivity index (χ0v) is 17.0. The molecule has 1 unspecified atom stereocenters. The molecule has 7 heteroatoms. The molecule has 2 aromatic rings. The van der Waals surface area contributed by atoms with E-state index in [-0.39, 0.29) is 18.9 Å². The van der Waals surface area contributed by atoms with Crippen LogP contribution in [0.1, 0.15) is 31.7 Å². The second-order valence-electron chi connectivity index (χ2n) is 6.99. The third-order valence-corrected chi connectivity index (χ3v) is 5.91. The van der Waals surface area contributed by atoms with Crippen LogP contribution in [0.25, 0.3) is 0 Å². The molecule has 0 bridgehead atoms. The molecular weight excluding hydrogens is 376 g/mol. The zero-order valence-electron chi connectivity index (χ0n) is 16.2. The summed E-state index contributed by atoms with van der Waals surface area (Å²) < 4.78 is 31.5. The third-order valence-electron chi connectivity index (χ3n) is 4.73. The summed E-state index contributed by atoms with van der Waals surface area (Å²) in [6.07, 6.45) is 3.95. The van der Waals surface area contributed by atoms with Gasteiger partial charge in [0.2, 0.25) is 10.0 Å². The molecule has 1 aliphatic heterocycles. The van der Waals surface area contributed by atoms with Gasteiger partial charge >= 0.3 is 0 Å². The quantitative estimate of drug-likeness (QED) is 0.801. The Morgan fingerprint density at radius 1 is 1.18 bits per heavy atom. The minimum Gasteiger partial charge on any atom is -0.478 e. The van der Waals surface area contributed by atoms with Gasteiger partial charge in [-0.25, -0.2) is 8.42 Å². The van der Waals surface area contributed by atoms with Crippen LogP contribution in [0, 0.1) is 0 Å². The number of amides is 1. The van der Waals surface area contributed by atoms with Gasteiger partial charge in [-0.2, -0.15) is 0 Å². The maximum Gasteiger partial charge on any atom is 0.265 e. The predicted molar refractivity (Wildman–Crippen MR) is 111 cm³/mol. The van der Waals surface area contributed by atoms with Crippen LogP contribution in [-0.4, -0.2) is 33.2 Å². The Kier molecular flexibility index (Phi) is 6.24. The van der Waals surface area contributed by atoms with Gasteiger partial charge < -0.3 is 10.1 Å². The molecule has 1 atom stereocenters. The van der Waals surface area contributed by atoms with Crippen LogP contribution in [-0.2, 0) is 21.2 Å². The van der Waals surface area contributed by atoms with Gasteiger partial charge in [0.05, 0.1) is 11.9 Å². The van der Waals surface area contributed by atoms with Crippen LogP contribution in [0.5, 0.6) is 5.75 Å². The Bertz CT molecular complexity index is 926. The highest BCUT2D eigenvalue weighted by Gasteiger charge is 2.31. The normalized spacial score (nSPS) is 16.6. The zero-order chi connectivity index (χ0) is 20.1. The highest BCUT2D eigenvalue weighted by molar-refractivity contribution is 7.92. The highest BCUT2D eigenvalue weighted by Crippen LogP contribution is 2.34. The Morgan fingerprint density at radius 2 is 1.89 bits per heavy atom. The van der Waals surface area contributed by atoms with E-state index in [1.165, 1.54) is 9.87 Å². The number of para-hydroxylation sites is 2. The number of benzene rings is 2. The van der Waals surface area contributed by atoms with Crippen molar-refractivity contribution in [2.24, 2.45) is 0 Å². The Labute approximate surface area is 166 Å². The number of carbonyl (C=O) groups is 1. The van der Waals surface area contributed by atoms with E-state index in [9.17, 15) is 13.2 Å². The second kappa shape index (κ2) is 8.65. The SMILES string of the molecule is CCCCc1ccc(NC(=O)C2CCN(S(C)(=O)=O)c3ccccc3O2)cc1. The van der Waals surface area contributed by atoms with Crippen LogP contribution in [0.3, 0.4) is 0 Å². The van der Waals surface area contributed by atoms with E-state index in [0.29, 0.717) is 17.1 Å². The molecule has 0 radical (unpaired) electrons. The number of nitrogens with one attached hydrogen (secondary N) is 1. The molecule has 0 aromatic heterocycles. The minimum atomic E-state index is -3.46. The van der Waals surface area contributed by atoms with E-state index in [4.69, 9.17) is 4.74 Å². The van der Waals surface area contributed by atoms with Crippen LogP contribution < -0.4 is 14.4 Å². The van der Waals surface area contributed by atoms with E-state index in [1.54, 1.807) is 24.3 Å². The van der Waals surface area contributed by atoms with E-state index in [1.807, 2.05) is 24.3 Å². The first-order valence-corrected chi connectivity index (χ1v) is 11.4. The van der Waals surface area contributed by atoms with Crippen molar-refractivity contribution >= 4 is 27.3 Å². The fraction of sp³-hybridized carbons (Fsp3) is 0.381. The molecular formula is C21H26N2O4S. The summed E-state index contributed by atoms with van der Waals surface area (Å²) in [5.41, 5.74) is 2.40. The molecule has 2 aromatic carbocycles. The maximum absolute atomic E-state index is 12.7. The number of fused-ring (bicyclic) bond motifs is 1. The van der Waals surface area contributed by atoms with Crippen LogP contribution in [0.15, 0.2) is 48.5 Å². The topological polar surface area (TPSA) is 75.7 Å². The van der Waals surface area contributed by atoms with E-state index >= 15 is 0 Å².